The van der Waals surface area contributed by atoms with E-state index in [0.717, 1.165) is 12.8 Å². The molecular formula is C20H23Cl2NO3. The molecule has 2 bridgehead atoms. The van der Waals surface area contributed by atoms with Crippen molar-refractivity contribution in [1.82, 2.24) is 5.32 Å². The number of fused-ring (bicyclic) bond motifs is 2. The summed E-state index contributed by atoms with van der Waals surface area (Å²) in [6, 6.07) is 9.99. The molecular weight excluding hydrogens is 373 g/mol. The van der Waals surface area contributed by atoms with Crippen molar-refractivity contribution in [2.24, 2.45) is 23.7 Å². The number of hydrogen-bond donors (Lipinski definition) is 1. The van der Waals surface area contributed by atoms with Crippen LogP contribution in [0.15, 0.2) is 42.5 Å². The third-order valence-electron chi connectivity index (χ3n) is 5.22. The highest BCUT2D eigenvalue weighted by Crippen LogP contribution is 2.48. The zero-order chi connectivity index (χ0) is 18.5. The first kappa shape index (κ1) is 19.2. The van der Waals surface area contributed by atoms with Crippen molar-refractivity contribution in [2.75, 3.05) is 18.3 Å². The Kier molecular flexibility index (Phi) is 6.60. The summed E-state index contributed by atoms with van der Waals surface area (Å²) in [6.45, 7) is 0.550. The molecule has 140 valence electrons. The zero-order valence-corrected chi connectivity index (χ0v) is 16.0. The van der Waals surface area contributed by atoms with E-state index in [1.54, 1.807) is 0 Å². The van der Waals surface area contributed by atoms with E-state index in [1.807, 2.05) is 36.4 Å². The van der Waals surface area contributed by atoms with Gasteiger partial charge in [-0.25, -0.2) is 0 Å². The Bertz CT molecular complexity index is 660. The number of alkyl halides is 2. The lowest BCUT2D eigenvalue weighted by Crippen LogP contribution is -2.42. The van der Waals surface area contributed by atoms with Crippen LogP contribution in [-0.2, 0) is 20.7 Å². The molecule has 1 N–H and O–H groups in total. The predicted octanol–water partition coefficient (Wildman–Crippen LogP) is 3.17. The summed E-state index contributed by atoms with van der Waals surface area (Å²) >= 11 is 11.5. The Morgan fingerprint density at radius 1 is 1.08 bits per heavy atom. The van der Waals surface area contributed by atoms with E-state index in [0.29, 0.717) is 6.54 Å². The smallest absolute Gasteiger partial charge is 0.310 e. The quantitative estimate of drug-likeness (QED) is 0.417. The Morgan fingerprint density at radius 2 is 1.73 bits per heavy atom. The number of nitrogens with one attached hydrogen (secondary N) is 1. The molecule has 4 nitrogen and oxygen atoms in total. The molecule has 2 aliphatic carbocycles. The van der Waals surface area contributed by atoms with Crippen LogP contribution >= 0.6 is 23.2 Å². The van der Waals surface area contributed by atoms with E-state index in [1.165, 1.54) is 5.56 Å². The van der Waals surface area contributed by atoms with Gasteiger partial charge in [-0.2, -0.15) is 0 Å². The molecule has 3 rings (SSSR count). The zero-order valence-electron chi connectivity index (χ0n) is 14.4. The van der Waals surface area contributed by atoms with Crippen molar-refractivity contribution in [3.8, 4) is 0 Å². The molecule has 26 heavy (non-hydrogen) atoms. The highest BCUT2D eigenvalue weighted by Gasteiger charge is 2.52. The van der Waals surface area contributed by atoms with Crippen molar-refractivity contribution >= 4 is 35.1 Å². The first-order chi connectivity index (χ1) is 12.6. The fourth-order valence-electron chi connectivity index (χ4n) is 3.94. The van der Waals surface area contributed by atoms with E-state index >= 15 is 0 Å². The van der Waals surface area contributed by atoms with Gasteiger partial charge in [-0.15, -0.1) is 23.2 Å². The van der Waals surface area contributed by atoms with Gasteiger partial charge in [0, 0.05) is 6.54 Å². The third-order valence-corrected chi connectivity index (χ3v) is 5.91. The topological polar surface area (TPSA) is 55.4 Å². The number of benzene rings is 1. The maximum Gasteiger partial charge on any atom is 0.310 e. The summed E-state index contributed by atoms with van der Waals surface area (Å²) in [6.07, 6.45) is 5.15. The van der Waals surface area contributed by atoms with Crippen molar-refractivity contribution < 1.29 is 14.3 Å². The summed E-state index contributed by atoms with van der Waals surface area (Å²) in [5, 5.41) is 2.99. The average Bonchev–Trinajstić information content (AvgIpc) is 3.28. The lowest BCUT2D eigenvalue weighted by atomic mass is 9.82. The molecule has 1 saturated carbocycles. The standard InChI is InChI=1S/C20H23Cl2NO3/c21-11-16(12-22)26-20(25)18-15-7-6-14(10-15)17(18)19(24)23-9-8-13-4-2-1-3-5-13/h1-7,14-18H,8-12H2,(H,23,24). The molecule has 0 heterocycles. The van der Waals surface area contributed by atoms with Gasteiger partial charge in [0.2, 0.25) is 5.91 Å². The Hall–Kier alpha value is -1.52. The highest BCUT2D eigenvalue weighted by molar-refractivity contribution is 6.21. The predicted molar refractivity (Wildman–Crippen MR) is 102 cm³/mol. The van der Waals surface area contributed by atoms with Gasteiger partial charge >= 0.3 is 5.97 Å². The number of rotatable bonds is 8. The van der Waals surface area contributed by atoms with Crippen LogP contribution in [0.25, 0.3) is 0 Å². The van der Waals surface area contributed by atoms with Gasteiger partial charge in [0.15, 0.2) is 0 Å². The number of halogens is 2. The van der Waals surface area contributed by atoms with Gasteiger partial charge in [-0.05, 0) is 30.2 Å². The maximum absolute atomic E-state index is 12.8. The number of ether oxygens (including phenoxy) is 1. The second kappa shape index (κ2) is 8.92. The highest BCUT2D eigenvalue weighted by atomic mass is 35.5. The second-order valence-electron chi connectivity index (χ2n) is 6.89. The maximum atomic E-state index is 12.8. The Balaban J connectivity index is 1.60. The molecule has 0 spiro atoms. The number of hydrogen-bond acceptors (Lipinski definition) is 3. The fourth-order valence-corrected chi connectivity index (χ4v) is 4.40. The van der Waals surface area contributed by atoms with Crippen molar-refractivity contribution in [3.05, 3.63) is 48.0 Å². The average molecular weight is 396 g/mol. The number of esters is 1. The molecule has 1 fully saturated rings. The van der Waals surface area contributed by atoms with Crippen LogP contribution in [0, 0.1) is 23.7 Å². The van der Waals surface area contributed by atoms with Crippen LogP contribution < -0.4 is 5.32 Å². The van der Waals surface area contributed by atoms with Crippen LogP contribution in [0.4, 0.5) is 0 Å². The molecule has 4 atom stereocenters. The van der Waals surface area contributed by atoms with Gasteiger partial charge in [-0.3, -0.25) is 9.59 Å². The van der Waals surface area contributed by atoms with Crippen molar-refractivity contribution in [2.45, 2.75) is 18.9 Å². The molecule has 4 unspecified atom stereocenters. The third kappa shape index (κ3) is 4.24. The molecule has 0 radical (unpaired) electrons. The second-order valence-corrected chi connectivity index (χ2v) is 7.51. The van der Waals surface area contributed by atoms with Crippen LogP contribution in [0.2, 0.25) is 0 Å². The minimum absolute atomic E-state index is 0.0590. The number of amides is 1. The van der Waals surface area contributed by atoms with E-state index in [9.17, 15) is 9.59 Å². The van der Waals surface area contributed by atoms with Crippen LogP contribution in [0.3, 0.4) is 0 Å². The summed E-state index contributed by atoms with van der Waals surface area (Å²) < 4.78 is 5.42. The van der Waals surface area contributed by atoms with Crippen LogP contribution in [-0.4, -0.2) is 36.3 Å². The van der Waals surface area contributed by atoms with Gasteiger partial charge in [0.1, 0.15) is 6.10 Å². The fraction of sp³-hybridized carbons (Fsp3) is 0.500. The van der Waals surface area contributed by atoms with Gasteiger partial charge in [-0.1, -0.05) is 42.5 Å². The normalized spacial score (nSPS) is 26.3. The monoisotopic (exact) mass is 395 g/mol. The molecule has 0 saturated heterocycles. The molecule has 0 aromatic heterocycles. The van der Waals surface area contributed by atoms with E-state index in [2.05, 4.69) is 11.4 Å². The van der Waals surface area contributed by atoms with E-state index in [4.69, 9.17) is 27.9 Å². The molecule has 1 amide bonds. The largest absolute Gasteiger partial charge is 0.460 e. The van der Waals surface area contributed by atoms with Crippen molar-refractivity contribution in [1.29, 1.82) is 0 Å². The Labute approximate surface area is 163 Å². The SMILES string of the molecule is O=C(NCCc1ccccc1)C1C2C=CC(C2)C1C(=O)OC(CCl)CCl. The molecule has 6 heteroatoms. The summed E-state index contributed by atoms with van der Waals surface area (Å²) in [7, 11) is 0. The molecule has 1 aromatic carbocycles. The lowest BCUT2D eigenvalue weighted by Gasteiger charge is -2.27. The van der Waals surface area contributed by atoms with E-state index in [-0.39, 0.29) is 41.4 Å². The lowest BCUT2D eigenvalue weighted by molar-refractivity contribution is -0.157. The van der Waals surface area contributed by atoms with Crippen LogP contribution in [0.1, 0.15) is 12.0 Å². The van der Waals surface area contributed by atoms with Gasteiger partial charge in [0.05, 0.1) is 23.6 Å². The number of carbonyl (C=O) groups excluding carboxylic acids is 2. The molecule has 1 aromatic rings. The minimum atomic E-state index is -0.518. The van der Waals surface area contributed by atoms with Crippen LogP contribution in [0.5, 0.6) is 0 Å². The first-order valence-corrected chi connectivity index (χ1v) is 10.0. The van der Waals surface area contributed by atoms with Gasteiger partial charge in [0.25, 0.3) is 0 Å². The van der Waals surface area contributed by atoms with Crippen molar-refractivity contribution in [3.63, 3.8) is 0 Å². The summed E-state index contributed by atoms with van der Waals surface area (Å²) in [4.78, 5) is 25.4. The molecule has 0 aliphatic heterocycles. The number of allylic oxidation sites excluding steroid dienone is 2. The summed E-state index contributed by atoms with van der Waals surface area (Å²) in [5.41, 5.74) is 1.17. The molecule has 2 aliphatic rings. The first-order valence-electron chi connectivity index (χ1n) is 8.96. The van der Waals surface area contributed by atoms with E-state index < -0.39 is 12.0 Å². The number of carbonyl (C=O) groups is 2. The summed E-state index contributed by atoms with van der Waals surface area (Å²) in [5.74, 6) is -0.803. The van der Waals surface area contributed by atoms with Gasteiger partial charge < -0.3 is 10.1 Å². The Morgan fingerprint density at radius 3 is 2.38 bits per heavy atom. The minimum Gasteiger partial charge on any atom is -0.460 e.